The molecule has 0 bridgehead atoms. The standard InChI is InChI=1S/Ba.2Fe.H2O/h;;;1H2. The molecule has 2 radical (unpaired) electrons. The van der Waals surface area contributed by atoms with Gasteiger partial charge in [0.05, 0.1) is 0 Å². The third-order valence-electron chi connectivity index (χ3n) is 0. The molecule has 0 aromatic carbocycles. The first-order valence-corrected chi connectivity index (χ1v) is 0. The van der Waals surface area contributed by atoms with Crippen LogP contribution >= 0.6 is 0 Å². The van der Waals surface area contributed by atoms with Crippen molar-refractivity contribution in [1.82, 2.24) is 0 Å². The quantitative estimate of drug-likeness (QED) is 0.493. The van der Waals surface area contributed by atoms with Crippen molar-refractivity contribution in [3.8, 4) is 0 Å². The van der Waals surface area contributed by atoms with Crippen LogP contribution in [0.4, 0.5) is 0 Å². The average molecular weight is 267 g/mol. The smallest absolute Gasteiger partial charge is 0 e. The fraction of sp³-hybridized carbons (Fsp3) is 0. The van der Waals surface area contributed by atoms with Crippen LogP contribution in [0.2, 0.25) is 0 Å². The number of hydrogen-bond acceptors (Lipinski definition) is 0. The second kappa shape index (κ2) is 17.6. The van der Waals surface area contributed by atoms with E-state index in [4.69, 9.17) is 0 Å². The van der Waals surface area contributed by atoms with Crippen molar-refractivity contribution in [3.05, 3.63) is 0 Å². The summed E-state index contributed by atoms with van der Waals surface area (Å²) in [6, 6.07) is 0. The molecule has 0 saturated carbocycles. The van der Waals surface area contributed by atoms with Gasteiger partial charge in [-0.25, -0.2) is 0 Å². The molecule has 26 valence electrons. The van der Waals surface area contributed by atoms with Gasteiger partial charge in [-0.15, -0.1) is 0 Å². The molecule has 0 amide bonds. The summed E-state index contributed by atoms with van der Waals surface area (Å²) in [6.45, 7) is 0. The van der Waals surface area contributed by atoms with Gasteiger partial charge in [0.25, 0.3) is 0 Å². The van der Waals surface area contributed by atoms with Gasteiger partial charge in [-0.2, -0.15) is 0 Å². The molecule has 0 saturated heterocycles. The summed E-state index contributed by atoms with van der Waals surface area (Å²) >= 11 is 0. The summed E-state index contributed by atoms with van der Waals surface area (Å²) in [4.78, 5) is 0. The van der Waals surface area contributed by atoms with Crippen molar-refractivity contribution < 1.29 is 39.6 Å². The van der Waals surface area contributed by atoms with Crippen molar-refractivity contribution in [1.29, 1.82) is 0 Å². The first kappa shape index (κ1) is 30.9. The largest absolute Gasteiger partial charge is 0.412 e. The summed E-state index contributed by atoms with van der Waals surface area (Å²) in [6.07, 6.45) is 0. The van der Waals surface area contributed by atoms with Crippen LogP contribution in [0.1, 0.15) is 0 Å². The molecule has 0 aromatic rings. The molecule has 0 aliphatic heterocycles. The topological polar surface area (TPSA) is 31.5 Å². The minimum atomic E-state index is 0. The summed E-state index contributed by atoms with van der Waals surface area (Å²) in [5.74, 6) is 0. The van der Waals surface area contributed by atoms with Crippen molar-refractivity contribution in [2.75, 3.05) is 0 Å². The van der Waals surface area contributed by atoms with E-state index in [2.05, 4.69) is 0 Å². The average Bonchev–Trinajstić information content (AvgIpc) is 0. The van der Waals surface area contributed by atoms with E-state index in [0.29, 0.717) is 0 Å². The van der Waals surface area contributed by atoms with Crippen LogP contribution in [-0.4, -0.2) is 54.4 Å². The maximum absolute atomic E-state index is 0. The molecule has 0 rings (SSSR count). The molecule has 4 heavy (non-hydrogen) atoms. The summed E-state index contributed by atoms with van der Waals surface area (Å²) < 4.78 is 0. The van der Waals surface area contributed by atoms with Gasteiger partial charge in [0.1, 0.15) is 0 Å². The molecule has 0 fully saturated rings. The van der Waals surface area contributed by atoms with E-state index in [-0.39, 0.29) is 88.5 Å². The Balaban J connectivity index is 0. The van der Waals surface area contributed by atoms with Gasteiger partial charge in [0, 0.05) is 83.0 Å². The van der Waals surface area contributed by atoms with Crippen LogP contribution in [0.5, 0.6) is 0 Å². The van der Waals surface area contributed by atoms with Crippen LogP contribution in [0.25, 0.3) is 0 Å². The zero-order chi connectivity index (χ0) is 0. The Morgan fingerprint density at radius 3 is 0.750 bits per heavy atom. The third-order valence-corrected chi connectivity index (χ3v) is 0. The molecule has 0 heterocycles. The molecule has 0 spiro atoms. The summed E-state index contributed by atoms with van der Waals surface area (Å²) in [5, 5.41) is 0. The maximum Gasteiger partial charge on any atom is 0 e. The first-order valence-electron chi connectivity index (χ1n) is 0. The Hall–Kier alpha value is 2.57. The minimum Gasteiger partial charge on any atom is -0.412 e. The van der Waals surface area contributed by atoms with Crippen molar-refractivity contribution >= 4 is 48.9 Å². The van der Waals surface area contributed by atoms with E-state index in [1.807, 2.05) is 0 Å². The van der Waals surface area contributed by atoms with Gasteiger partial charge in [-0.1, -0.05) is 0 Å². The fourth-order valence-corrected chi connectivity index (χ4v) is 0. The van der Waals surface area contributed by atoms with Crippen molar-refractivity contribution in [2.24, 2.45) is 0 Å². The molecule has 0 aliphatic carbocycles. The van der Waals surface area contributed by atoms with E-state index in [9.17, 15) is 0 Å². The molecule has 0 aromatic heterocycles. The summed E-state index contributed by atoms with van der Waals surface area (Å²) in [5.41, 5.74) is 0. The minimum absolute atomic E-state index is 0. The zero-order valence-corrected chi connectivity index (χ0v) is 8.56. The molecule has 0 aliphatic rings. The Labute approximate surface area is 86.6 Å². The summed E-state index contributed by atoms with van der Waals surface area (Å²) in [7, 11) is 0. The number of hydrogen-bond donors (Lipinski definition) is 0. The molecule has 0 atom stereocenters. The Kier molecular flexibility index (Phi) is 136. The first-order chi connectivity index (χ1) is 0. The van der Waals surface area contributed by atoms with Gasteiger partial charge in [0.15, 0.2) is 0 Å². The second-order valence-corrected chi connectivity index (χ2v) is 0. The van der Waals surface area contributed by atoms with Gasteiger partial charge >= 0.3 is 0 Å². The maximum atomic E-state index is 0. The van der Waals surface area contributed by atoms with E-state index in [0.717, 1.165) is 0 Å². The number of rotatable bonds is 0. The SMILES string of the molecule is O.[Ba].[Fe].[Fe]. The predicted molar refractivity (Wildman–Crippen MR) is 9.37 cm³/mol. The predicted octanol–water partition coefficient (Wildman–Crippen LogP) is -1.21. The fourth-order valence-electron chi connectivity index (χ4n) is 0. The molecule has 1 nitrogen and oxygen atoms in total. The van der Waals surface area contributed by atoms with E-state index < -0.39 is 0 Å². The molecule has 0 unspecified atom stereocenters. The normalized spacial score (nSPS) is 0. The van der Waals surface area contributed by atoms with E-state index in [1.165, 1.54) is 0 Å². The van der Waals surface area contributed by atoms with Gasteiger partial charge in [0.2, 0.25) is 0 Å². The van der Waals surface area contributed by atoms with Crippen LogP contribution in [0.3, 0.4) is 0 Å². The second-order valence-electron chi connectivity index (χ2n) is 0. The van der Waals surface area contributed by atoms with Crippen LogP contribution < -0.4 is 0 Å². The van der Waals surface area contributed by atoms with Gasteiger partial charge in [-0.3, -0.25) is 0 Å². The van der Waals surface area contributed by atoms with Crippen LogP contribution in [0, 0.1) is 0 Å². The third kappa shape index (κ3) is 8.82. The Morgan fingerprint density at radius 2 is 0.750 bits per heavy atom. The Morgan fingerprint density at radius 1 is 0.750 bits per heavy atom. The van der Waals surface area contributed by atoms with Crippen molar-refractivity contribution in [2.45, 2.75) is 0 Å². The Bertz CT molecular complexity index is 6.00. The zero-order valence-electron chi connectivity index (χ0n) is 1.91. The molecule has 2 N–H and O–H groups in total. The van der Waals surface area contributed by atoms with E-state index in [1.54, 1.807) is 0 Å². The molecular formula is H2BaFe2O. The van der Waals surface area contributed by atoms with Gasteiger partial charge in [-0.05, 0) is 0 Å². The van der Waals surface area contributed by atoms with Crippen LogP contribution in [0.15, 0.2) is 0 Å². The van der Waals surface area contributed by atoms with Gasteiger partial charge < -0.3 is 5.48 Å². The monoisotopic (exact) mass is 268 g/mol. The van der Waals surface area contributed by atoms with Crippen LogP contribution in [-0.2, 0) is 34.1 Å². The molecular weight excluding hydrogens is 265 g/mol. The molecule has 4 heteroatoms. The van der Waals surface area contributed by atoms with Crippen molar-refractivity contribution in [3.63, 3.8) is 0 Å². The van der Waals surface area contributed by atoms with E-state index >= 15 is 0 Å².